The van der Waals surface area contributed by atoms with Gasteiger partial charge in [-0.3, -0.25) is 0 Å². The van der Waals surface area contributed by atoms with Crippen molar-refractivity contribution in [2.24, 2.45) is 17.3 Å². The lowest BCUT2D eigenvalue weighted by molar-refractivity contribution is -0.143. The van der Waals surface area contributed by atoms with E-state index in [1.165, 1.54) is 4.90 Å². The quantitative estimate of drug-likeness (QED) is 0.833. The standard InChI is InChI=1S/C15H28N2O3/c1-10(2)15(4,5)9-16-14(20)17-7-6-11(3)8-12(17)13(18)19/h10-12H,6-9H2,1-5H3,(H,16,20)(H,18,19). The molecule has 1 rings (SSSR count). The van der Waals surface area contributed by atoms with E-state index in [-0.39, 0.29) is 11.4 Å². The van der Waals surface area contributed by atoms with Crippen molar-refractivity contribution in [1.29, 1.82) is 0 Å². The van der Waals surface area contributed by atoms with E-state index in [4.69, 9.17) is 0 Å². The number of piperidine rings is 1. The fourth-order valence-electron chi connectivity index (χ4n) is 2.23. The number of likely N-dealkylation sites (tertiary alicyclic amines) is 1. The molecule has 1 heterocycles. The topological polar surface area (TPSA) is 69.6 Å². The van der Waals surface area contributed by atoms with Gasteiger partial charge in [0, 0.05) is 13.1 Å². The first-order valence-electron chi connectivity index (χ1n) is 7.42. The third-order valence-corrected chi connectivity index (χ3v) is 4.67. The monoisotopic (exact) mass is 284 g/mol. The van der Waals surface area contributed by atoms with E-state index in [0.717, 1.165) is 6.42 Å². The minimum absolute atomic E-state index is 0.00252. The number of urea groups is 1. The number of carboxylic acid groups (broad SMARTS) is 1. The van der Waals surface area contributed by atoms with Gasteiger partial charge in [0.05, 0.1) is 0 Å². The molecule has 0 aromatic carbocycles. The molecular formula is C15H28N2O3. The number of aliphatic carboxylic acids is 1. The van der Waals surface area contributed by atoms with Crippen molar-refractivity contribution in [1.82, 2.24) is 10.2 Å². The molecule has 1 aliphatic heterocycles. The summed E-state index contributed by atoms with van der Waals surface area (Å²) < 4.78 is 0. The van der Waals surface area contributed by atoms with E-state index in [1.807, 2.05) is 6.92 Å². The average molecular weight is 284 g/mol. The molecule has 0 aromatic rings. The lowest BCUT2D eigenvalue weighted by Crippen LogP contribution is -2.54. The Morgan fingerprint density at radius 2 is 2.00 bits per heavy atom. The summed E-state index contributed by atoms with van der Waals surface area (Å²) in [7, 11) is 0. The van der Waals surface area contributed by atoms with Crippen LogP contribution in [0.4, 0.5) is 4.79 Å². The first kappa shape index (κ1) is 16.8. The van der Waals surface area contributed by atoms with E-state index in [2.05, 4.69) is 33.0 Å². The molecule has 2 N–H and O–H groups in total. The second-order valence-electron chi connectivity index (χ2n) is 6.98. The van der Waals surface area contributed by atoms with Crippen LogP contribution in [0.25, 0.3) is 0 Å². The molecule has 2 amide bonds. The summed E-state index contributed by atoms with van der Waals surface area (Å²) in [5.74, 6) is -0.110. The fourth-order valence-corrected chi connectivity index (χ4v) is 2.23. The molecule has 1 aliphatic rings. The van der Waals surface area contributed by atoms with Crippen LogP contribution in [0.1, 0.15) is 47.5 Å². The van der Waals surface area contributed by atoms with Crippen LogP contribution in [0.5, 0.6) is 0 Å². The minimum atomic E-state index is -0.908. The number of carboxylic acids is 1. The van der Waals surface area contributed by atoms with Gasteiger partial charge in [0.15, 0.2) is 0 Å². The summed E-state index contributed by atoms with van der Waals surface area (Å²) >= 11 is 0. The molecule has 1 fully saturated rings. The summed E-state index contributed by atoms with van der Waals surface area (Å²) in [5, 5.41) is 12.2. The van der Waals surface area contributed by atoms with Gasteiger partial charge in [-0.05, 0) is 30.1 Å². The van der Waals surface area contributed by atoms with Gasteiger partial charge in [-0.2, -0.15) is 0 Å². The second-order valence-corrected chi connectivity index (χ2v) is 6.98. The smallest absolute Gasteiger partial charge is 0.326 e. The van der Waals surface area contributed by atoms with Crippen LogP contribution < -0.4 is 5.32 Å². The molecule has 0 spiro atoms. The summed E-state index contributed by atoms with van der Waals surface area (Å²) in [6, 6.07) is -0.945. The fraction of sp³-hybridized carbons (Fsp3) is 0.867. The lowest BCUT2D eigenvalue weighted by atomic mass is 9.81. The molecule has 0 bridgehead atoms. The largest absolute Gasteiger partial charge is 0.480 e. The molecule has 1 saturated heterocycles. The maximum atomic E-state index is 12.2. The minimum Gasteiger partial charge on any atom is -0.480 e. The number of amides is 2. The molecule has 20 heavy (non-hydrogen) atoms. The van der Waals surface area contributed by atoms with Crippen molar-refractivity contribution in [3.63, 3.8) is 0 Å². The molecule has 0 saturated carbocycles. The molecular weight excluding hydrogens is 256 g/mol. The lowest BCUT2D eigenvalue weighted by Gasteiger charge is -2.37. The highest BCUT2D eigenvalue weighted by atomic mass is 16.4. The van der Waals surface area contributed by atoms with Gasteiger partial charge in [-0.1, -0.05) is 34.6 Å². The average Bonchev–Trinajstić information content (AvgIpc) is 2.35. The highest BCUT2D eigenvalue weighted by Crippen LogP contribution is 2.26. The molecule has 2 unspecified atom stereocenters. The van der Waals surface area contributed by atoms with Crippen molar-refractivity contribution in [2.75, 3.05) is 13.1 Å². The van der Waals surface area contributed by atoms with Gasteiger partial charge in [-0.25, -0.2) is 9.59 Å². The van der Waals surface area contributed by atoms with E-state index in [0.29, 0.717) is 31.3 Å². The zero-order valence-electron chi connectivity index (χ0n) is 13.3. The molecule has 2 atom stereocenters. The van der Waals surface area contributed by atoms with E-state index >= 15 is 0 Å². The van der Waals surface area contributed by atoms with Crippen molar-refractivity contribution in [3.8, 4) is 0 Å². The van der Waals surface area contributed by atoms with Gasteiger partial charge in [0.1, 0.15) is 6.04 Å². The molecule has 0 aliphatic carbocycles. The predicted molar refractivity (Wildman–Crippen MR) is 78.5 cm³/mol. The van der Waals surface area contributed by atoms with E-state index < -0.39 is 12.0 Å². The maximum Gasteiger partial charge on any atom is 0.326 e. The van der Waals surface area contributed by atoms with E-state index in [1.54, 1.807) is 0 Å². The Morgan fingerprint density at radius 3 is 2.50 bits per heavy atom. The number of hydrogen-bond donors (Lipinski definition) is 2. The molecule has 5 nitrogen and oxygen atoms in total. The maximum absolute atomic E-state index is 12.2. The number of nitrogens with one attached hydrogen (secondary N) is 1. The van der Waals surface area contributed by atoms with Gasteiger partial charge in [0.2, 0.25) is 0 Å². The second kappa shape index (κ2) is 6.46. The Morgan fingerprint density at radius 1 is 1.40 bits per heavy atom. The summed E-state index contributed by atoms with van der Waals surface area (Å²) in [6.45, 7) is 11.6. The van der Waals surface area contributed by atoms with Crippen LogP contribution in [-0.2, 0) is 4.79 Å². The first-order chi connectivity index (χ1) is 9.15. The molecule has 116 valence electrons. The Hall–Kier alpha value is -1.26. The van der Waals surface area contributed by atoms with Gasteiger partial charge >= 0.3 is 12.0 Å². The Bertz CT molecular complexity index is 366. The molecule has 5 heteroatoms. The first-order valence-corrected chi connectivity index (χ1v) is 7.42. The third kappa shape index (κ3) is 4.12. The number of rotatable bonds is 4. The predicted octanol–water partition coefficient (Wildman–Crippen LogP) is 2.56. The van der Waals surface area contributed by atoms with Crippen LogP contribution in [0.2, 0.25) is 0 Å². The van der Waals surface area contributed by atoms with Crippen LogP contribution in [0.15, 0.2) is 0 Å². The SMILES string of the molecule is CC1CCN(C(=O)NCC(C)(C)C(C)C)C(C(=O)O)C1. The Balaban J connectivity index is 2.64. The highest BCUT2D eigenvalue weighted by Gasteiger charge is 2.35. The van der Waals surface area contributed by atoms with Crippen molar-refractivity contribution < 1.29 is 14.7 Å². The number of hydrogen-bond acceptors (Lipinski definition) is 2. The van der Waals surface area contributed by atoms with Crippen LogP contribution >= 0.6 is 0 Å². The number of nitrogens with zero attached hydrogens (tertiary/aromatic N) is 1. The highest BCUT2D eigenvalue weighted by molar-refractivity contribution is 5.82. The van der Waals surface area contributed by atoms with Crippen molar-refractivity contribution >= 4 is 12.0 Å². The van der Waals surface area contributed by atoms with Crippen molar-refractivity contribution in [3.05, 3.63) is 0 Å². The third-order valence-electron chi connectivity index (χ3n) is 4.67. The summed E-state index contributed by atoms with van der Waals surface area (Å²) in [6.07, 6.45) is 1.40. The summed E-state index contributed by atoms with van der Waals surface area (Å²) in [5.41, 5.74) is -0.00252. The zero-order chi connectivity index (χ0) is 15.5. The molecule has 0 aromatic heterocycles. The van der Waals surface area contributed by atoms with E-state index in [9.17, 15) is 14.7 Å². The summed E-state index contributed by atoms with van der Waals surface area (Å²) in [4.78, 5) is 25.0. The Kier molecular flexibility index (Phi) is 5.42. The number of carbonyl (C=O) groups excluding carboxylic acids is 1. The number of carbonyl (C=O) groups is 2. The zero-order valence-corrected chi connectivity index (χ0v) is 13.3. The van der Waals surface area contributed by atoms with Crippen molar-refractivity contribution in [2.45, 2.75) is 53.5 Å². The van der Waals surface area contributed by atoms with Gasteiger partial charge in [0.25, 0.3) is 0 Å². The van der Waals surface area contributed by atoms with Crippen LogP contribution in [0.3, 0.4) is 0 Å². The Labute approximate surface area is 121 Å². The molecule has 0 radical (unpaired) electrons. The van der Waals surface area contributed by atoms with Crippen LogP contribution in [0, 0.1) is 17.3 Å². The van der Waals surface area contributed by atoms with Gasteiger partial charge in [-0.15, -0.1) is 0 Å². The normalized spacial score (nSPS) is 23.8. The van der Waals surface area contributed by atoms with Crippen LogP contribution in [-0.4, -0.2) is 41.1 Å². The van der Waals surface area contributed by atoms with Gasteiger partial charge < -0.3 is 15.3 Å².